The standard InChI is InChI=1S/C21H31NO3/c1-2-17(16-23)8-7-14-24-15-13-22-18-9-3-5-11-20(18)25-21-12-6-4-10-19(21)22/h2,7-8,14,16,18-21H,1,3-6,9-13,15H2/b14-7+,17-8+. The zero-order chi connectivity index (χ0) is 17.5. The van der Waals surface area contributed by atoms with Gasteiger partial charge in [0.1, 0.15) is 6.29 Å². The minimum Gasteiger partial charge on any atom is -0.500 e. The number of hydrogen-bond acceptors (Lipinski definition) is 4. The summed E-state index contributed by atoms with van der Waals surface area (Å²) in [6, 6.07) is 1.14. The summed E-state index contributed by atoms with van der Waals surface area (Å²) in [4.78, 5) is 13.4. The smallest absolute Gasteiger partial charge is 0.150 e. The van der Waals surface area contributed by atoms with Crippen LogP contribution in [-0.4, -0.2) is 48.6 Å². The minimum absolute atomic E-state index is 0.425. The molecule has 138 valence electrons. The lowest BCUT2D eigenvalue weighted by Gasteiger charge is -2.53. The van der Waals surface area contributed by atoms with E-state index in [2.05, 4.69) is 11.5 Å². The first-order valence-corrected chi connectivity index (χ1v) is 9.80. The van der Waals surface area contributed by atoms with Crippen molar-refractivity contribution in [3.63, 3.8) is 0 Å². The number of ether oxygens (including phenoxy) is 2. The monoisotopic (exact) mass is 345 g/mol. The number of carbonyl (C=O) groups is 1. The first-order chi connectivity index (χ1) is 12.3. The highest BCUT2D eigenvalue weighted by Crippen LogP contribution is 2.38. The fraction of sp³-hybridized carbons (Fsp3) is 0.667. The molecule has 3 fully saturated rings. The Labute approximate surface area is 151 Å². The summed E-state index contributed by atoms with van der Waals surface area (Å²) < 4.78 is 12.2. The van der Waals surface area contributed by atoms with E-state index in [1.54, 1.807) is 18.4 Å². The number of fused-ring (bicyclic) bond motifs is 2. The van der Waals surface area contributed by atoms with E-state index in [1.807, 2.05) is 0 Å². The molecule has 1 heterocycles. The average Bonchev–Trinajstić information content (AvgIpc) is 2.66. The molecule has 4 nitrogen and oxygen atoms in total. The largest absolute Gasteiger partial charge is 0.500 e. The van der Waals surface area contributed by atoms with E-state index in [4.69, 9.17) is 9.47 Å². The molecule has 0 amide bonds. The van der Waals surface area contributed by atoms with Gasteiger partial charge >= 0.3 is 0 Å². The van der Waals surface area contributed by atoms with Crippen LogP contribution < -0.4 is 0 Å². The lowest BCUT2D eigenvalue weighted by atomic mass is 9.82. The molecule has 0 radical (unpaired) electrons. The van der Waals surface area contributed by atoms with Crippen LogP contribution in [0.15, 0.2) is 36.6 Å². The second kappa shape index (κ2) is 9.35. The number of carbonyl (C=O) groups excluding carboxylic acids is 1. The molecule has 0 bridgehead atoms. The summed E-state index contributed by atoms with van der Waals surface area (Å²) in [5.41, 5.74) is 0.558. The maximum absolute atomic E-state index is 10.7. The van der Waals surface area contributed by atoms with Crippen LogP contribution in [0.1, 0.15) is 51.4 Å². The van der Waals surface area contributed by atoms with Crippen molar-refractivity contribution in [1.29, 1.82) is 0 Å². The molecule has 0 N–H and O–H groups in total. The molecular formula is C21H31NO3. The fourth-order valence-electron chi connectivity index (χ4n) is 4.62. The van der Waals surface area contributed by atoms with E-state index in [0.29, 0.717) is 36.5 Å². The third-order valence-electron chi connectivity index (χ3n) is 5.84. The van der Waals surface area contributed by atoms with Crippen molar-refractivity contribution in [3.8, 4) is 0 Å². The van der Waals surface area contributed by atoms with Crippen LogP contribution >= 0.6 is 0 Å². The first kappa shape index (κ1) is 18.4. The number of aldehydes is 1. The Morgan fingerprint density at radius 2 is 1.72 bits per heavy atom. The van der Waals surface area contributed by atoms with Gasteiger partial charge in [0.25, 0.3) is 0 Å². The molecule has 4 unspecified atom stereocenters. The van der Waals surface area contributed by atoms with E-state index >= 15 is 0 Å². The summed E-state index contributed by atoms with van der Waals surface area (Å²) in [5, 5.41) is 0. The highest BCUT2D eigenvalue weighted by molar-refractivity contribution is 5.77. The molecular weight excluding hydrogens is 314 g/mol. The van der Waals surface area contributed by atoms with E-state index in [0.717, 1.165) is 12.8 Å². The third-order valence-corrected chi connectivity index (χ3v) is 5.84. The molecule has 0 spiro atoms. The van der Waals surface area contributed by atoms with Gasteiger partial charge < -0.3 is 9.47 Å². The average molecular weight is 345 g/mol. The lowest BCUT2D eigenvalue weighted by Crippen LogP contribution is -2.62. The zero-order valence-electron chi connectivity index (χ0n) is 15.1. The Morgan fingerprint density at radius 1 is 1.08 bits per heavy atom. The van der Waals surface area contributed by atoms with Crippen LogP contribution in [0.2, 0.25) is 0 Å². The molecule has 25 heavy (non-hydrogen) atoms. The van der Waals surface area contributed by atoms with E-state index in [9.17, 15) is 4.79 Å². The van der Waals surface area contributed by atoms with Gasteiger partial charge in [-0.1, -0.05) is 38.3 Å². The molecule has 1 aliphatic heterocycles. The minimum atomic E-state index is 0.425. The second-order valence-electron chi connectivity index (χ2n) is 7.34. The van der Waals surface area contributed by atoms with E-state index < -0.39 is 0 Å². The summed E-state index contributed by atoms with van der Waals surface area (Å²) in [5.74, 6) is 0. The molecule has 3 rings (SSSR count). The van der Waals surface area contributed by atoms with Crippen molar-refractivity contribution < 1.29 is 14.3 Å². The predicted octanol–water partition coefficient (Wildman–Crippen LogP) is 3.78. The van der Waals surface area contributed by atoms with Crippen LogP contribution in [-0.2, 0) is 14.3 Å². The number of allylic oxidation sites excluding steroid dienone is 4. The summed E-state index contributed by atoms with van der Waals surface area (Å²) in [7, 11) is 0. The Kier molecular flexibility index (Phi) is 6.88. The van der Waals surface area contributed by atoms with Crippen LogP contribution in [0, 0.1) is 0 Å². The van der Waals surface area contributed by atoms with Gasteiger partial charge in [0.05, 0.1) is 25.1 Å². The number of rotatable bonds is 7. The van der Waals surface area contributed by atoms with Gasteiger partial charge in [-0.2, -0.15) is 0 Å². The predicted molar refractivity (Wildman–Crippen MR) is 99.3 cm³/mol. The maximum Gasteiger partial charge on any atom is 0.150 e. The summed E-state index contributed by atoms with van der Waals surface area (Å²) >= 11 is 0. The van der Waals surface area contributed by atoms with Gasteiger partial charge in [-0.3, -0.25) is 9.69 Å². The number of hydrogen-bond donors (Lipinski definition) is 0. The van der Waals surface area contributed by atoms with Crippen LogP contribution in [0.3, 0.4) is 0 Å². The van der Waals surface area contributed by atoms with Crippen molar-refractivity contribution in [2.45, 2.75) is 75.7 Å². The van der Waals surface area contributed by atoms with Crippen LogP contribution in [0.4, 0.5) is 0 Å². The van der Waals surface area contributed by atoms with Crippen LogP contribution in [0.5, 0.6) is 0 Å². The van der Waals surface area contributed by atoms with Crippen LogP contribution in [0.25, 0.3) is 0 Å². The van der Waals surface area contributed by atoms with Gasteiger partial charge in [-0.05, 0) is 37.8 Å². The molecule has 3 aliphatic rings. The highest BCUT2D eigenvalue weighted by Gasteiger charge is 2.44. The Balaban J connectivity index is 1.54. The van der Waals surface area contributed by atoms with E-state index in [1.165, 1.54) is 57.4 Å². The van der Waals surface area contributed by atoms with E-state index in [-0.39, 0.29) is 0 Å². The SMILES string of the molecule is C=C/C(C=O)=C\C=C\OCCN1C2CCCCC2OC2CCCCC21. The Morgan fingerprint density at radius 3 is 2.32 bits per heavy atom. The second-order valence-corrected chi connectivity index (χ2v) is 7.34. The lowest BCUT2D eigenvalue weighted by molar-refractivity contribution is -0.177. The quantitative estimate of drug-likeness (QED) is 0.231. The Hall–Kier alpha value is -1.39. The summed E-state index contributed by atoms with van der Waals surface area (Å²) in [6.45, 7) is 5.23. The van der Waals surface area contributed by atoms with Gasteiger partial charge in [0, 0.05) is 24.2 Å². The molecule has 0 aromatic rings. The van der Waals surface area contributed by atoms with Gasteiger partial charge in [-0.25, -0.2) is 0 Å². The maximum atomic E-state index is 10.7. The van der Waals surface area contributed by atoms with Crippen molar-refractivity contribution in [1.82, 2.24) is 4.90 Å². The fourth-order valence-corrected chi connectivity index (χ4v) is 4.62. The molecule has 1 saturated heterocycles. The van der Waals surface area contributed by atoms with Gasteiger partial charge in [0.2, 0.25) is 0 Å². The van der Waals surface area contributed by atoms with Gasteiger partial charge in [0.15, 0.2) is 0 Å². The van der Waals surface area contributed by atoms with Crippen molar-refractivity contribution in [2.75, 3.05) is 13.2 Å². The number of nitrogens with zero attached hydrogens (tertiary/aromatic N) is 1. The normalized spacial score (nSPS) is 33.5. The zero-order valence-corrected chi connectivity index (χ0v) is 15.1. The van der Waals surface area contributed by atoms with Crippen molar-refractivity contribution in [3.05, 3.63) is 36.6 Å². The number of morpholine rings is 1. The third kappa shape index (κ3) is 4.62. The first-order valence-electron chi connectivity index (χ1n) is 9.80. The topological polar surface area (TPSA) is 38.8 Å². The van der Waals surface area contributed by atoms with Crippen molar-refractivity contribution >= 4 is 6.29 Å². The molecule has 4 heteroatoms. The van der Waals surface area contributed by atoms with Gasteiger partial charge in [-0.15, -0.1) is 0 Å². The molecule has 2 saturated carbocycles. The molecule has 0 aromatic heterocycles. The molecule has 0 aromatic carbocycles. The highest BCUT2D eigenvalue weighted by atomic mass is 16.5. The molecule has 4 atom stereocenters. The summed E-state index contributed by atoms with van der Waals surface area (Å²) in [6.07, 6.45) is 18.5. The molecule has 2 aliphatic carbocycles. The Bertz CT molecular complexity index is 481. The van der Waals surface area contributed by atoms with Crippen molar-refractivity contribution in [2.24, 2.45) is 0 Å².